The standard InChI is InChI=1S/C25H29NO2S/c1-3-21-17-22(25(27)28-4-2)19-26(18-20-11-7-5-8-12-20)16-15-24(21)29-23-13-9-6-10-14-23/h5-14,17,19,24H,3-4,15-16,18H2,1-2H3/b21-17-,22-19+. The Morgan fingerprint density at radius 1 is 1.07 bits per heavy atom. The van der Waals surface area contributed by atoms with Gasteiger partial charge < -0.3 is 9.64 Å². The number of thioether (sulfide) groups is 1. The van der Waals surface area contributed by atoms with Gasteiger partial charge in [-0.15, -0.1) is 11.8 Å². The van der Waals surface area contributed by atoms with Crippen LogP contribution in [-0.2, 0) is 16.1 Å². The molecule has 0 saturated carbocycles. The Bertz CT molecular complexity index is 846. The number of hydrogen-bond donors (Lipinski definition) is 0. The molecule has 3 rings (SSSR count). The first kappa shape index (κ1) is 21.3. The van der Waals surface area contributed by atoms with Crippen molar-refractivity contribution in [2.75, 3.05) is 13.2 Å². The predicted molar refractivity (Wildman–Crippen MR) is 121 cm³/mol. The number of nitrogens with zero attached hydrogens (tertiary/aromatic N) is 1. The van der Waals surface area contributed by atoms with Crippen LogP contribution in [0.3, 0.4) is 0 Å². The van der Waals surface area contributed by atoms with Crippen molar-refractivity contribution in [3.05, 3.63) is 89.6 Å². The fourth-order valence-corrected chi connectivity index (χ4v) is 4.71. The molecular weight excluding hydrogens is 378 g/mol. The summed E-state index contributed by atoms with van der Waals surface area (Å²) in [6.45, 7) is 6.06. The smallest absolute Gasteiger partial charge is 0.339 e. The Kier molecular flexibility index (Phi) is 8.00. The van der Waals surface area contributed by atoms with Gasteiger partial charge in [-0.1, -0.05) is 61.0 Å². The topological polar surface area (TPSA) is 29.5 Å². The first-order chi connectivity index (χ1) is 14.2. The van der Waals surface area contributed by atoms with Gasteiger partial charge in [-0.25, -0.2) is 4.79 Å². The van der Waals surface area contributed by atoms with Gasteiger partial charge in [0.2, 0.25) is 0 Å². The first-order valence-corrected chi connectivity index (χ1v) is 11.2. The van der Waals surface area contributed by atoms with Crippen molar-refractivity contribution in [2.24, 2.45) is 0 Å². The Labute approximate surface area is 178 Å². The summed E-state index contributed by atoms with van der Waals surface area (Å²) < 4.78 is 5.34. The zero-order chi connectivity index (χ0) is 20.5. The van der Waals surface area contributed by atoms with Crippen LogP contribution in [0.2, 0.25) is 0 Å². The van der Waals surface area contributed by atoms with Gasteiger partial charge in [0.15, 0.2) is 0 Å². The van der Waals surface area contributed by atoms with Crippen LogP contribution >= 0.6 is 11.8 Å². The van der Waals surface area contributed by atoms with Crippen LogP contribution < -0.4 is 0 Å². The minimum atomic E-state index is -0.248. The average Bonchev–Trinajstić information content (AvgIpc) is 2.74. The Morgan fingerprint density at radius 3 is 2.41 bits per heavy atom. The SMILES string of the molecule is CCOC(=O)C1=C/N(Cc2ccccc2)CCC(Sc2ccccc2)/C(CC)=C\1. The van der Waals surface area contributed by atoms with E-state index in [4.69, 9.17) is 4.74 Å². The van der Waals surface area contributed by atoms with Crippen molar-refractivity contribution in [2.45, 2.75) is 43.4 Å². The number of hydrogen-bond acceptors (Lipinski definition) is 4. The molecule has 1 aliphatic rings. The van der Waals surface area contributed by atoms with Gasteiger partial charge in [0.1, 0.15) is 0 Å². The third kappa shape index (κ3) is 6.26. The molecule has 0 amide bonds. The zero-order valence-corrected chi connectivity index (χ0v) is 18.0. The van der Waals surface area contributed by atoms with Crippen LogP contribution in [0.15, 0.2) is 89.0 Å². The van der Waals surface area contributed by atoms with Crippen LogP contribution in [0.1, 0.15) is 32.3 Å². The maximum Gasteiger partial charge on any atom is 0.339 e. The lowest BCUT2D eigenvalue weighted by atomic mass is 10.0. The van der Waals surface area contributed by atoms with Crippen molar-refractivity contribution in [3.63, 3.8) is 0 Å². The summed E-state index contributed by atoms with van der Waals surface area (Å²) in [6.07, 6.45) is 5.97. The van der Waals surface area contributed by atoms with Gasteiger partial charge in [-0.2, -0.15) is 0 Å². The monoisotopic (exact) mass is 407 g/mol. The molecule has 1 atom stereocenters. The number of rotatable bonds is 7. The molecule has 0 fully saturated rings. The lowest BCUT2D eigenvalue weighted by Gasteiger charge is -2.28. The second-order valence-electron chi connectivity index (χ2n) is 7.04. The van der Waals surface area contributed by atoms with E-state index in [-0.39, 0.29) is 5.97 Å². The molecule has 2 aromatic carbocycles. The third-order valence-electron chi connectivity index (χ3n) is 4.92. The third-order valence-corrected chi connectivity index (χ3v) is 6.29. The lowest BCUT2D eigenvalue weighted by molar-refractivity contribution is -0.138. The summed E-state index contributed by atoms with van der Waals surface area (Å²) in [5, 5.41) is 0.332. The van der Waals surface area contributed by atoms with E-state index in [0.29, 0.717) is 17.4 Å². The van der Waals surface area contributed by atoms with E-state index in [1.165, 1.54) is 16.0 Å². The first-order valence-electron chi connectivity index (χ1n) is 10.3. The lowest BCUT2D eigenvalue weighted by Crippen LogP contribution is -2.26. The van der Waals surface area contributed by atoms with E-state index >= 15 is 0 Å². The van der Waals surface area contributed by atoms with Gasteiger partial charge in [0, 0.05) is 29.4 Å². The molecule has 2 aromatic rings. The van der Waals surface area contributed by atoms with E-state index in [1.807, 2.05) is 37.0 Å². The number of ether oxygens (including phenoxy) is 1. The molecular formula is C25H29NO2S. The summed E-state index contributed by atoms with van der Waals surface area (Å²) in [5.41, 5.74) is 3.16. The number of esters is 1. The molecule has 29 heavy (non-hydrogen) atoms. The molecule has 152 valence electrons. The van der Waals surface area contributed by atoms with Crippen molar-refractivity contribution in [1.82, 2.24) is 4.90 Å². The second kappa shape index (κ2) is 10.9. The Balaban J connectivity index is 1.89. The predicted octanol–water partition coefficient (Wildman–Crippen LogP) is 5.84. The molecule has 1 unspecified atom stereocenters. The maximum absolute atomic E-state index is 12.6. The maximum atomic E-state index is 12.6. The molecule has 0 aliphatic carbocycles. The summed E-state index contributed by atoms with van der Waals surface area (Å²) in [6, 6.07) is 20.9. The molecule has 1 heterocycles. The minimum Gasteiger partial charge on any atom is -0.462 e. The molecule has 0 aromatic heterocycles. The van der Waals surface area contributed by atoms with Crippen molar-refractivity contribution in [1.29, 1.82) is 0 Å². The van der Waals surface area contributed by atoms with Crippen molar-refractivity contribution >= 4 is 17.7 Å². The Hall–Kier alpha value is -2.46. The molecule has 0 saturated heterocycles. The summed E-state index contributed by atoms with van der Waals surface area (Å²) in [5.74, 6) is -0.248. The quantitative estimate of drug-likeness (QED) is 0.540. The molecule has 1 aliphatic heterocycles. The number of carbonyl (C=O) groups excluding carboxylic acids is 1. The highest BCUT2D eigenvalue weighted by Gasteiger charge is 2.22. The zero-order valence-electron chi connectivity index (χ0n) is 17.2. The summed E-state index contributed by atoms with van der Waals surface area (Å²) >= 11 is 1.88. The molecule has 0 spiro atoms. The van der Waals surface area contributed by atoms with Crippen LogP contribution in [0.5, 0.6) is 0 Å². The van der Waals surface area contributed by atoms with Gasteiger partial charge in [0.25, 0.3) is 0 Å². The van der Waals surface area contributed by atoms with Gasteiger partial charge in [0.05, 0.1) is 12.2 Å². The largest absolute Gasteiger partial charge is 0.462 e. The minimum absolute atomic E-state index is 0.248. The van der Waals surface area contributed by atoms with Gasteiger partial charge >= 0.3 is 5.97 Å². The number of benzene rings is 2. The second-order valence-corrected chi connectivity index (χ2v) is 8.32. The van der Waals surface area contributed by atoms with Crippen LogP contribution in [0, 0.1) is 0 Å². The fraction of sp³-hybridized carbons (Fsp3) is 0.320. The highest BCUT2D eigenvalue weighted by Crippen LogP contribution is 2.34. The van der Waals surface area contributed by atoms with E-state index in [2.05, 4.69) is 66.4 Å². The van der Waals surface area contributed by atoms with E-state index < -0.39 is 0 Å². The highest BCUT2D eigenvalue weighted by atomic mass is 32.2. The van der Waals surface area contributed by atoms with Gasteiger partial charge in [-0.05, 0) is 43.5 Å². The molecule has 3 nitrogen and oxygen atoms in total. The van der Waals surface area contributed by atoms with Crippen molar-refractivity contribution in [3.8, 4) is 0 Å². The van der Waals surface area contributed by atoms with Gasteiger partial charge in [-0.3, -0.25) is 0 Å². The van der Waals surface area contributed by atoms with Crippen LogP contribution in [0.4, 0.5) is 0 Å². The molecule has 0 N–H and O–H groups in total. The van der Waals surface area contributed by atoms with Crippen molar-refractivity contribution < 1.29 is 9.53 Å². The summed E-state index contributed by atoms with van der Waals surface area (Å²) in [7, 11) is 0. The fourth-order valence-electron chi connectivity index (χ4n) is 3.46. The Morgan fingerprint density at radius 2 is 1.76 bits per heavy atom. The normalized spacial score (nSPS) is 20.6. The summed E-state index contributed by atoms with van der Waals surface area (Å²) in [4.78, 5) is 16.1. The van der Waals surface area contributed by atoms with E-state index in [9.17, 15) is 4.79 Å². The highest BCUT2D eigenvalue weighted by molar-refractivity contribution is 8.00. The van der Waals surface area contributed by atoms with Crippen LogP contribution in [-0.4, -0.2) is 29.3 Å². The van der Waals surface area contributed by atoms with E-state index in [0.717, 1.165) is 25.9 Å². The van der Waals surface area contributed by atoms with E-state index in [1.54, 1.807) is 0 Å². The average molecular weight is 408 g/mol. The molecule has 0 radical (unpaired) electrons. The molecule has 0 bridgehead atoms. The molecule has 4 heteroatoms. The van der Waals surface area contributed by atoms with Crippen LogP contribution in [0.25, 0.3) is 0 Å². The number of carbonyl (C=O) groups is 1.